The highest BCUT2D eigenvalue weighted by atomic mass is 16.5. The van der Waals surface area contributed by atoms with Crippen LogP contribution in [0, 0.1) is 0 Å². The van der Waals surface area contributed by atoms with Gasteiger partial charge < -0.3 is 15.5 Å². The number of nitrogens with one attached hydrogen (secondary N) is 1. The van der Waals surface area contributed by atoms with Crippen molar-refractivity contribution < 1.29 is 9.53 Å². The first-order chi connectivity index (χ1) is 10.7. The number of amides is 1. The summed E-state index contributed by atoms with van der Waals surface area (Å²) >= 11 is 0. The molecule has 3 N–H and O–H groups in total. The van der Waals surface area contributed by atoms with Gasteiger partial charge in [-0.1, -0.05) is 24.3 Å². The first kappa shape index (κ1) is 14.1. The molecule has 3 rings (SSSR count). The lowest BCUT2D eigenvalue weighted by Gasteiger charge is -2.13. The fraction of sp³-hybridized carbons (Fsp3) is 0.176. The number of para-hydroxylation sites is 1. The van der Waals surface area contributed by atoms with Crippen LogP contribution in [0.15, 0.2) is 48.8 Å². The molecule has 112 valence electrons. The molecule has 2 heterocycles. The molecule has 1 amide bonds. The quantitative estimate of drug-likeness (QED) is 0.758. The van der Waals surface area contributed by atoms with E-state index in [-0.39, 0.29) is 5.91 Å². The van der Waals surface area contributed by atoms with Crippen molar-refractivity contribution in [3.05, 3.63) is 59.9 Å². The first-order valence-electron chi connectivity index (χ1n) is 7.03. The van der Waals surface area contributed by atoms with E-state index >= 15 is 0 Å². The standard InChI is InChI=1S/C17H17N3O2/c1-22-16-7-6-11(9-20-16)14(17(18)21)8-12-10-19-15-5-3-2-4-13(12)15/h2-7,9-10,14,19H,8H2,1H3,(H2,18,21). The smallest absolute Gasteiger partial charge is 0.225 e. The molecule has 0 aliphatic rings. The summed E-state index contributed by atoms with van der Waals surface area (Å²) in [5.41, 5.74) is 8.50. The Morgan fingerprint density at radius 3 is 2.82 bits per heavy atom. The Kier molecular flexibility index (Phi) is 3.78. The normalized spacial score (nSPS) is 12.2. The van der Waals surface area contributed by atoms with Gasteiger partial charge in [0, 0.05) is 29.4 Å². The van der Waals surface area contributed by atoms with Crippen LogP contribution in [0.4, 0.5) is 0 Å². The summed E-state index contributed by atoms with van der Waals surface area (Å²) in [6.45, 7) is 0. The van der Waals surface area contributed by atoms with Gasteiger partial charge in [0.2, 0.25) is 11.8 Å². The summed E-state index contributed by atoms with van der Waals surface area (Å²) < 4.78 is 5.04. The van der Waals surface area contributed by atoms with Crippen LogP contribution in [0.2, 0.25) is 0 Å². The van der Waals surface area contributed by atoms with Gasteiger partial charge in [0.05, 0.1) is 13.0 Å². The number of primary amides is 1. The molecule has 5 heteroatoms. The van der Waals surface area contributed by atoms with E-state index < -0.39 is 5.92 Å². The molecule has 0 spiro atoms. The van der Waals surface area contributed by atoms with Gasteiger partial charge in [-0.2, -0.15) is 0 Å². The monoisotopic (exact) mass is 295 g/mol. The number of methoxy groups -OCH3 is 1. The Morgan fingerprint density at radius 2 is 2.14 bits per heavy atom. The lowest BCUT2D eigenvalue weighted by atomic mass is 9.92. The van der Waals surface area contributed by atoms with E-state index in [0.29, 0.717) is 12.3 Å². The lowest BCUT2D eigenvalue weighted by molar-refractivity contribution is -0.119. The van der Waals surface area contributed by atoms with Gasteiger partial charge in [0.1, 0.15) is 0 Å². The number of pyridine rings is 1. The number of aromatic amines is 1. The average molecular weight is 295 g/mol. The van der Waals surface area contributed by atoms with Gasteiger partial charge in [-0.15, -0.1) is 0 Å². The van der Waals surface area contributed by atoms with E-state index in [2.05, 4.69) is 9.97 Å². The zero-order valence-electron chi connectivity index (χ0n) is 12.2. The molecule has 1 aromatic carbocycles. The van der Waals surface area contributed by atoms with Gasteiger partial charge in [-0.25, -0.2) is 4.98 Å². The van der Waals surface area contributed by atoms with Crippen molar-refractivity contribution >= 4 is 16.8 Å². The van der Waals surface area contributed by atoms with Gasteiger partial charge in [-0.3, -0.25) is 4.79 Å². The number of benzene rings is 1. The van der Waals surface area contributed by atoms with Crippen molar-refractivity contribution in [1.82, 2.24) is 9.97 Å². The Bertz CT molecular complexity index is 793. The molecule has 5 nitrogen and oxygen atoms in total. The summed E-state index contributed by atoms with van der Waals surface area (Å²) in [7, 11) is 1.56. The van der Waals surface area contributed by atoms with Gasteiger partial charge in [0.15, 0.2) is 0 Å². The molecule has 1 atom stereocenters. The maximum atomic E-state index is 11.9. The zero-order chi connectivity index (χ0) is 15.5. The molecular formula is C17H17N3O2. The van der Waals surface area contributed by atoms with Gasteiger partial charge >= 0.3 is 0 Å². The molecule has 0 aliphatic heterocycles. The number of nitrogens with zero attached hydrogens (tertiary/aromatic N) is 1. The molecule has 1 unspecified atom stereocenters. The highest BCUT2D eigenvalue weighted by Crippen LogP contribution is 2.26. The van der Waals surface area contributed by atoms with Crippen molar-refractivity contribution in [2.75, 3.05) is 7.11 Å². The van der Waals surface area contributed by atoms with Crippen LogP contribution in [0.1, 0.15) is 17.0 Å². The minimum Gasteiger partial charge on any atom is -0.481 e. The molecule has 0 bridgehead atoms. The molecule has 0 saturated heterocycles. The maximum Gasteiger partial charge on any atom is 0.225 e. The number of nitrogens with two attached hydrogens (primary N) is 1. The fourth-order valence-electron chi connectivity index (χ4n) is 2.62. The van der Waals surface area contributed by atoms with Crippen molar-refractivity contribution in [1.29, 1.82) is 0 Å². The summed E-state index contributed by atoms with van der Waals surface area (Å²) in [6.07, 6.45) is 4.11. The molecule has 0 aliphatic carbocycles. The third-order valence-corrected chi connectivity index (χ3v) is 3.81. The van der Waals surface area contributed by atoms with Crippen LogP contribution < -0.4 is 10.5 Å². The molecular weight excluding hydrogens is 278 g/mol. The summed E-state index contributed by atoms with van der Waals surface area (Å²) in [5.74, 6) is -0.270. The minimum absolute atomic E-state index is 0.364. The third kappa shape index (κ3) is 2.65. The number of ether oxygens (including phenoxy) is 1. The molecule has 3 aromatic rings. The Hall–Kier alpha value is -2.82. The highest BCUT2D eigenvalue weighted by Gasteiger charge is 2.20. The lowest BCUT2D eigenvalue weighted by Crippen LogP contribution is -2.23. The van der Waals surface area contributed by atoms with Crippen LogP contribution in [-0.4, -0.2) is 23.0 Å². The van der Waals surface area contributed by atoms with E-state index in [1.54, 1.807) is 19.4 Å². The van der Waals surface area contributed by atoms with Crippen LogP contribution in [0.5, 0.6) is 5.88 Å². The molecule has 0 radical (unpaired) electrons. The second-order valence-electron chi connectivity index (χ2n) is 5.15. The number of carbonyl (C=O) groups excluding carboxylic acids is 1. The second kappa shape index (κ2) is 5.89. The maximum absolute atomic E-state index is 11.9. The first-order valence-corrected chi connectivity index (χ1v) is 7.03. The van der Waals surface area contributed by atoms with E-state index in [4.69, 9.17) is 10.5 Å². The van der Waals surface area contributed by atoms with E-state index in [9.17, 15) is 4.79 Å². The van der Waals surface area contributed by atoms with Crippen LogP contribution in [0.25, 0.3) is 10.9 Å². The number of fused-ring (bicyclic) bond motifs is 1. The topological polar surface area (TPSA) is 81.0 Å². The number of hydrogen-bond donors (Lipinski definition) is 2. The third-order valence-electron chi connectivity index (χ3n) is 3.81. The number of H-pyrrole nitrogens is 1. The Balaban J connectivity index is 1.93. The van der Waals surface area contributed by atoms with E-state index in [1.807, 2.05) is 36.5 Å². The van der Waals surface area contributed by atoms with Crippen molar-refractivity contribution in [2.24, 2.45) is 5.73 Å². The number of aromatic nitrogens is 2. The van der Waals surface area contributed by atoms with Crippen LogP contribution in [0.3, 0.4) is 0 Å². The average Bonchev–Trinajstić information content (AvgIpc) is 2.95. The van der Waals surface area contributed by atoms with Gasteiger partial charge in [0.25, 0.3) is 0 Å². The second-order valence-corrected chi connectivity index (χ2v) is 5.15. The van der Waals surface area contributed by atoms with Gasteiger partial charge in [-0.05, 0) is 23.6 Å². The molecule has 2 aromatic heterocycles. The summed E-state index contributed by atoms with van der Waals surface area (Å²) in [6, 6.07) is 11.6. The number of rotatable bonds is 5. The Labute approximate surface area is 128 Å². The molecule has 0 saturated carbocycles. The SMILES string of the molecule is COc1ccc(C(Cc2c[nH]c3ccccc23)C(N)=O)cn1. The summed E-state index contributed by atoms with van der Waals surface area (Å²) in [5, 5.41) is 1.11. The molecule has 22 heavy (non-hydrogen) atoms. The highest BCUT2D eigenvalue weighted by molar-refractivity contribution is 5.86. The van der Waals surface area contributed by atoms with Crippen molar-refractivity contribution in [2.45, 2.75) is 12.3 Å². The van der Waals surface area contributed by atoms with Crippen molar-refractivity contribution in [3.63, 3.8) is 0 Å². The fourth-order valence-corrected chi connectivity index (χ4v) is 2.62. The predicted molar refractivity (Wildman–Crippen MR) is 84.7 cm³/mol. The number of carbonyl (C=O) groups is 1. The number of hydrogen-bond acceptors (Lipinski definition) is 3. The van der Waals surface area contributed by atoms with Crippen molar-refractivity contribution in [3.8, 4) is 5.88 Å². The molecule has 0 fully saturated rings. The van der Waals surface area contributed by atoms with E-state index in [0.717, 1.165) is 22.0 Å². The minimum atomic E-state index is -0.419. The zero-order valence-corrected chi connectivity index (χ0v) is 12.2. The Morgan fingerprint density at radius 1 is 1.32 bits per heavy atom. The largest absolute Gasteiger partial charge is 0.481 e. The van der Waals surface area contributed by atoms with Crippen LogP contribution >= 0.6 is 0 Å². The van der Waals surface area contributed by atoms with E-state index in [1.165, 1.54) is 0 Å². The van der Waals surface area contributed by atoms with Crippen LogP contribution in [-0.2, 0) is 11.2 Å². The summed E-state index contributed by atoms with van der Waals surface area (Å²) in [4.78, 5) is 19.2. The predicted octanol–water partition coefficient (Wildman–Crippen LogP) is 2.38.